The van der Waals surface area contributed by atoms with Crippen LogP contribution in [0.15, 0.2) is 12.2 Å². The summed E-state index contributed by atoms with van der Waals surface area (Å²) < 4.78 is 6.00. The average molecular weight is 354 g/mol. The number of fused-ring (bicyclic) bond motifs is 1. The quantitative estimate of drug-likeness (QED) is 0.581. The average Bonchev–Trinajstić information content (AvgIpc) is 2.84. The molecule has 24 heavy (non-hydrogen) atoms. The molecule has 0 aromatic heterocycles. The number of aliphatic carboxylic acids is 1. The van der Waals surface area contributed by atoms with Crippen molar-refractivity contribution in [2.45, 2.75) is 70.7 Å². The SMILES string of the molecule is C/C=C\[C@@H]1C[C@H](C(=O)O)N2C(=S)O[C@@](C)(CCC)[C@H](NC(C)=O)[C@@H]12. The summed E-state index contributed by atoms with van der Waals surface area (Å²) in [5, 5.41) is 12.8. The van der Waals surface area contributed by atoms with Crippen molar-refractivity contribution >= 4 is 29.3 Å². The molecule has 0 aromatic carbocycles. The minimum absolute atomic E-state index is 0.00835. The summed E-state index contributed by atoms with van der Waals surface area (Å²) in [6.07, 6.45) is 5.98. The number of thiocarbonyl (C=S) groups is 1. The fraction of sp³-hybridized carbons (Fsp3) is 0.706. The first-order valence-electron chi connectivity index (χ1n) is 8.39. The maximum atomic E-state index is 11.8. The second-order valence-electron chi connectivity index (χ2n) is 6.79. The second kappa shape index (κ2) is 7.09. The lowest BCUT2D eigenvalue weighted by molar-refractivity contribution is -0.143. The van der Waals surface area contributed by atoms with Crippen LogP contribution in [0.4, 0.5) is 0 Å². The molecule has 0 spiro atoms. The number of nitrogens with one attached hydrogen (secondary N) is 1. The van der Waals surface area contributed by atoms with E-state index in [1.54, 1.807) is 4.90 Å². The van der Waals surface area contributed by atoms with E-state index in [9.17, 15) is 14.7 Å². The maximum absolute atomic E-state index is 11.8. The number of carbonyl (C=O) groups excluding carboxylic acids is 1. The molecule has 134 valence electrons. The number of hydrogen-bond donors (Lipinski definition) is 2. The molecule has 6 nitrogen and oxygen atoms in total. The van der Waals surface area contributed by atoms with Crippen LogP contribution in [0.5, 0.6) is 0 Å². The zero-order valence-electron chi connectivity index (χ0n) is 14.6. The Kier molecular flexibility index (Phi) is 5.52. The molecule has 2 aliphatic heterocycles. The van der Waals surface area contributed by atoms with Crippen molar-refractivity contribution in [1.82, 2.24) is 10.2 Å². The fourth-order valence-corrected chi connectivity index (χ4v) is 4.52. The number of carboxylic acids is 1. The third-order valence-corrected chi connectivity index (χ3v) is 5.25. The molecule has 2 aliphatic rings. The van der Waals surface area contributed by atoms with E-state index in [0.717, 1.165) is 12.8 Å². The Balaban J connectivity index is 2.50. The highest BCUT2D eigenvalue weighted by Gasteiger charge is 2.58. The number of ether oxygens (including phenoxy) is 1. The van der Waals surface area contributed by atoms with Crippen LogP contribution in [-0.2, 0) is 14.3 Å². The lowest BCUT2D eigenvalue weighted by Crippen LogP contribution is -2.69. The van der Waals surface area contributed by atoms with Gasteiger partial charge < -0.3 is 20.1 Å². The van der Waals surface area contributed by atoms with Gasteiger partial charge in [0.15, 0.2) is 0 Å². The second-order valence-corrected chi connectivity index (χ2v) is 7.14. The van der Waals surface area contributed by atoms with Gasteiger partial charge in [0.2, 0.25) is 5.91 Å². The minimum atomic E-state index is -0.918. The molecule has 1 amide bonds. The monoisotopic (exact) mass is 354 g/mol. The molecule has 0 saturated carbocycles. The van der Waals surface area contributed by atoms with Crippen LogP contribution in [0.3, 0.4) is 0 Å². The van der Waals surface area contributed by atoms with E-state index in [2.05, 4.69) is 5.32 Å². The maximum Gasteiger partial charge on any atom is 0.326 e. The van der Waals surface area contributed by atoms with Gasteiger partial charge in [0.25, 0.3) is 5.17 Å². The summed E-state index contributed by atoms with van der Waals surface area (Å²) >= 11 is 5.41. The Labute approximate surface area is 148 Å². The topological polar surface area (TPSA) is 78.9 Å². The lowest BCUT2D eigenvalue weighted by atomic mass is 9.80. The molecular weight excluding hydrogens is 328 g/mol. The molecule has 2 N–H and O–H groups in total. The van der Waals surface area contributed by atoms with Crippen molar-refractivity contribution in [2.24, 2.45) is 5.92 Å². The van der Waals surface area contributed by atoms with Crippen LogP contribution in [0, 0.1) is 5.92 Å². The van der Waals surface area contributed by atoms with Crippen LogP contribution in [0.25, 0.3) is 0 Å². The minimum Gasteiger partial charge on any atom is -0.480 e. The summed E-state index contributed by atoms with van der Waals surface area (Å²) in [7, 11) is 0. The number of amides is 1. The zero-order chi connectivity index (χ0) is 18.1. The van der Waals surface area contributed by atoms with E-state index >= 15 is 0 Å². The fourth-order valence-electron chi connectivity index (χ4n) is 4.08. The summed E-state index contributed by atoms with van der Waals surface area (Å²) in [6, 6.07) is -1.28. The van der Waals surface area contributed by atoms with Crippen LogP contribution in [0.1, 0.15) is 47.0 Å². The first-order chi connectivity index (χ1) is 11.2. The Morgan fingerprint density at radius 1 is 1.54 bits per heavy atom. The smallest absolute Gasteiger partial charge is 0.326 e. The van der Waals surface area contributed by atoms with Crippen LogP contribution >= 0.6 is 12.2 Å². The van der Waals surface area contributed by atoms with E-state index in [1.807, 2.05) is 32.9 Å². The Bertz CT molecular complexity index is 565. The number of carbonyl (C=O) groups is 2. The van der Waals surface area contributed by atoms with E-state index in [-0.39, 0.29) is 29.1 Å². The third-order valence-electron chi connectivity index (χ3n) is 4.95. The van der Waals surface area contributed by atoms with Crippen molar-refractivity contribution in [3.63, 3.8) is 0 Å². The molecular formula is C17H26N2O4S. The zero-order valence-corrected chi connectivity index (χ0v) is 15.4. The number of allylic oxidation sites excluding steroid dienone is 1. The Hall–Kier alpha value is -1.63. The lowest BCUT2D eigenvalue weighted by Gasteiger charge is -2.51. The van der Waals surface area contributed by atoms with Gasteiger partial charge in [-0.2, -0.15) is 0 Å². The van der Waals surface area contributed by atoms with Gasteiger partial charge in [-0.3, -0.25) is 4.79 Å². The van der Waals surface area contributed by atoms with Gasteiger partial charge in [0, 0.05) is 12.8 Å². The Morgan fingerprint density at radius 3 is 2.71 bits per heavy atom. The molecule has 0 aliphatic carbocycles. The number of rotatable bonds is 5. The highest BCUT2D eigenvalue weighted by molar-refractivity contribution is 7.80. The van der Waals surface area contributed by atoms with Crippen molar-refractivity contribution in [3.8, 4) is 0 Å². The summed E-state index contributed by atoms with van der Waals surface area (Å²) in [4.78, 5) is 25.2. The van der Waals surface area contributed by atoms with E-state index in [1.165, 1.54) is 6.92 Å². The molecule has 0 radical (unpaired) electrons. The highest BCUT2D eigenvalue weighted by Crippen LogP contribution is 2.43. The summed E-state index contributed by atoms with van der Waals surface area (Å²) in [5.41, 5.74) is -0.647. The normalized spacial score (nSPS) is 35.7. The molecule has 2 rings (SSSR count). The van der Waals surface area contributed by atoms with Gasteiger partial charge in [-0.25, -0.2) is 4.79 Å². The first-order valence-corrected chi connectivity index (χ1v) is 8.80. The van der Waals surface area contributed by atoms with Gasteiger partial charge >= 0.3 is 5.97 Å². The summed E-state index contributed by atoms with van der Waals surface area (Å²) in [6.45, 7) is 7.38. The molecule has 0 bridgehead atoms. The van der Waals surface area contributed by atoms with Crippen molar-refractivity contribution in [2.75, 3.05) is 0 Å². The predicted molar refractivity (Wildman–Crippen MR) is 94.6 cm³/mol. The summed E-state index contributed by atoms with van der Waals surface area (Å²) in [5.74, 6) is -1.08. The van der Waals surface area contributed by atoms with Crippen molar-refractivity contribution < 1.29 is 19.4 Å². The van der Waals surface area contributed by atoms with E-state index in [0.29, 0.717) is 6.42 Å². The third kappa shape index (κ3) is 3.27. The van der Waals surface area contributed by atoms with Crippen LogP contribution in [-0.4, -0.2) is 50.8 Å². The highest BCUT2D eigenvalue weighted by atomic mass is 32.1. The largest absolute Gasteiger partial charge is 0.480 e. The molecule has 5 atom stereocenters. The predicted octanol–water partition coefficient (Wildman–Crippen LogP) is 2.08. The van der Waals surface area contributed by atoms with Crippen LogP contribution in [0.2, 0.25) is 0 Å². The van der Waals surface area contributed by atoms with E-state index in [4.69, 9.17) is 17.0 Å². The molecule has 2 fully saturated rings. The van der Waals surface area contributed by atoms with Crippen molar-refractivity contribution in [1.29, 1.82) is 0 Å². The van der Waals surface area contributed by atoms with Crippen LogP contribution < -0.4 is 5.32 Å². The van der Waals surface area contributed by atoms with E-state index < -0.39 is 17.6 Å². The number of carboxylic acid groups (broad SMARTS) is 1. The van der Waals surface area contributed by atoms with Gasteiger partial charge in [-0.05, 0) is 38.9 Å². The van der Waals surface area contributed by atoms with Crippen molar-refractivity contribution in [3.05, 3.63) is 12.2 Å². The van der Waals surface area contributed by atoms with Gasteiger partial charge in [-0.1, -0.05) is 25.5 Å². The standard InChI is InChI=1S/C17H26N2O4S/c1-5-7-11-9-12(15(21)22)19-13(11)14(18-10(3)20)17(4,8-6-2)23-16(19)24/h5,7,11-14H,6,8-9H2,1-4H3,(H,18,20)(H,21,22)/b7-5-/t11-,12-,13-,14-,17+/m1/s1. The first kappa shape index (κ1) is 18.7. The van der Waals surface area contributed by atoms with Gasteiger partial charge in [0.05, 0.1) is 12.1 Å². The number of nitrogens with zero attached hydrogens (tertiary/aromatic N) is 1. The molecule has 7 heteroatoms. The molecule has 2 saturated heterocycles. The van der Waals surface area contributed by atoms with Gasteiger partial charge in [-0.15, -0.1) is 0 Å². The Morgan fingerprint density at radius 2 is 2.21 bits per heavy atom. The number of hydrogen-bond acceptors (Lipinski definition) is 4. The molecule has 0 aromatic rings. The van der Waals surface area contributed by atoms with Gasteiger partial charge in [0.1, 0.15) is 11.6 Å². The molecule has 2 heterocycles. The molecule has 0 unspecified atom stereocenters.